The topological polar surface area (TPSA) is 116 Å². The lowest BCUT2D eigenvalue weighted by molar-refractivity contribution is -0.141. The Labute approximate surface area is 218 Å². The van der Waals surface area contributed by atoms with Crippen LogP contribution in [0.15, 0.2) is 11.2 Å². The van der Waals surface area contributed by atoms with E-state index in [-0.39, 0.29) is 30.3 Å². The number of fused-ring (bicyclic) bond motifs is 4. The molecule has 9 nitrogen and oxygen atoms in total. The van der Waals surface area contributed by atoms with Crippen molar-refractivity contribution in [3.63, 3.8) is 0 Å². The number of aromatic nitrogens is 1. The SMILES string of the molecule is CCN1C(=O)[C@H]2[C@H]3[C@H](O)[C@H](O)C/C(=N/O[C@@H](C)CN4CCCCc5nc(C)c(C)cc54)[C@@H]3CC[C@@H]2C1=O. The highest BCUT2D eigenvalue weighted by Gasteiger charge is 2.59. The third-order valence-corrected chi connectivity index (χ3v) is 8.97. The van der Waals surface area contributed by atoms with Gasteiger partial charge in [0.15, 0.2) is 0 Å². The Hall–Kier alpha value is -2.52. The Morgan fingerprint density at radius 3 is 2.68 bits per heavy atom. The molecule has 3 fully saturated rings. The van der Waals surface area contributed by atoms with E-state index in [9.17, 15) is 19.8 Å². The van der Waals surface area contributed by atoms with E-state index in [1.54, 1.807) is 6.92 Å². The van der Waals surface area contributed by atoms with Crippen LogP contribution in [0.4, 0.5) is 5.69 Å². The van der Waals surface area contributed by atoms with Crippen molar-refractivity contribution in [3.8, 4) is 0 Å². The zero-order valence-electron chi connectivity index (χ0n) is 22.4. The van der Waals surface area contributed by atoms with Gasteiger partial charge < -0.3 is 20.0 Å². The van der Waals surface area contributed by atoms with Crippen LogP contribution in [-0.2, 0) is 20.8 Å². The summed E-state index contributed by atoms with van der Waals surface area (Å²) < 4.78 is 0. The number of imide groups is 1. The molecular formula is C28H40N4O5. The Balaban J connectivity index is 1.32. The maximum Gasteiger partial charge on any atom is 0.233 e. The van der Waals surface area contributed by atoms with Crippen molar-refractivity contribution < 1.29 is 24.6 Å². The Morgan fingerprint density at radius 1 is 1.16 bits per heavy atom. The molecular weight excluding hydrogens is 472 g/mol. The first-order chi connectivity index (χ1) is 17.7. The smallest absolute Gasteiger partial charge is 0.233 e. The molecule has 2 amide bonds. The van der Waals surface area contributed by atoms with Crippen LogP contribution in [0.3, 0.4) is 0 Å². The molecule has 0 bridgehead atoms. The summed E-state index contributed by atoms with van der Waals surface area (Å²) in [6.45, 7) is 9.85. The number of carbonyl (C=O) groups excluding carboxylic acids is 2. The van der Waals surface area contributed by atoms with E-state index in [4.69, 9.17) is 9.82 Å². The van der Waals surface area contributed by atoms with Crippen molar-refractivity contribution in [1.29, 1.82) is 0 Å². The lowest BCUT2D eigenvalue weighted by atomic mass is 9.60. The monoisotopic (exact) mass is 512 g/mol. The van der Waals surface area contributed by atoms with Gasteiger partial charge in [0.2, 0.25) is 11.8 Å². The number of amides is 2. The summed E-state index contributed by atoms with van der Waals surface area (Å²) in [5.41, 5.74) is 5.25. The highest BCUT2D eigenvalue weighted by atomic mass is 16.6. The number of hydrogen-bond donors (Lipinski definition) is 2. The zero-order valence-corrected chi connectivity index (χ0v) is 22.4. The van der Waals surface area contributed by atoms with Crippen molar-refractivity contribution in [1.82, 2.24) is 9.88 Å². The second-order valence-electron chi connectivity index (χ2n) is 11.3. The summed E-state index contributed by atoms with van der Waals surface area (Å²) in [6, 6.07) is 2.23. The van der Waals surface area contributed by atoms with Gasteiger partial charge in [0.05, 0.1) is 47.7 Å². The van der Waals surface area contributed by atoms with E-state index in [1.807, 2.05) is 6.92 Å². The van der Waals surface area contributed by atoms with Crippen molar-refractivity contribution >= 4 is 23.2 Å². The fraction of sp³-hybridized carbons (Fsp3) is 0.714. The van der Waals surface area contributed by atoms with E-state index >= 15 is 0 Å². The zero-order chi connectivity index (χ0) is 26.4. The standard InChI is InChI=1S/C28H40N4O5/c1-5-32-27(35)19-10-9-18-21(13-23(33)26(34)24(18)25(19)28(32)36)30-37-16(3)14-31-11-7-6-8-20-22(31)12-15(2)17(4)29-20/h12,16,18-19,23-26,33-34H,5-11,13-14H2,1-4H3/b30-21-/t16-,18-,19-,23+,24-,25+,26+/m0/s1. The summed E-state index contributed by atoms with van der Waals surface area (Å²) >= 11 is 0. The number of aliphatic hydroxyl groups excluding tert-OH is 2. The summed E-state index contributed by atoms with van der Waals surface area (Å²) in [5.74, 6) is -2.11. The molecule has 0 unspecified atom stereocenters. The van der Waals surface area contributed by atoms with E-state index in [1.165, 1.54) is 16.2 Å². The number of pyridine rings is 1. The molecule has 1 saturated heterocycles. The molecule has 2 N–H and O–H groups in total. The number of anilines is 1. The first-order valence-electron chi connectivity index (χ1n) is 13.9. The molecule has 3 heterocycles. The second-order valence-corrected chi connectivity index (χ2v) is 11.3. The highest BCUT2D eigenvalue weighted by Crippen LogP contribution is 2.49. The lowest BCUT2D eigenvalue weighted by Gasteiger charge is -2.45. The minimum absolute atomic E-state index is 0.149. The summed E-state index contributed by atoms with van der Waals surface area (Å²) in [4.78, 5) is 40.3. The molecule has 7 atom stereocenters. The first kappa shape index (κ1) is 26.1. The minimum Gasteiger partial charge on any atom is -0.391 e. The normalized spacial score (nSPS) is 33.6. The number of aliphatic hydroxyl groups is 2. The predicted molar refractivity (Wildman–Crippen MR) is 139 cm³/mol. The number of likely N-dealkylation sites (tertiary alicyclic amines) is 1. The van der Waals surface area contributed by atoms with Crippen LogP contribution in [-0.4, -0.2) is 75.6 Å². The average molecular weight is 513 g/mol. The van der Waals surface area contributed by atoms with Gasteiger partial charge in [-0.2, -0.15) is 0 Å². The molecule has 4 aliphatic rings. The number of hydrogen-bond acceptors (Lipinski definition) is 8. The van der Waals surface area contributed by atoms with Crippen LogP contribution in [0.25, 0.3) is 0 Å². The van der Waals surface area contributed by atoms with Crippen LogP contribution in [0, 0.1) is 37.5 Å². The van der Waals surface area contributed by atoms with Crippen molar-refractivity contribution in [3.05, 3.63) is 23.0 Å². The third-order valence-electron chi connectivity index (χ3n) is 8.97. The number of oxime groups is 1. The predicted octanol–water partition coefficient (Wildman–Crippen LogP) is 2.38. The van der Waals surface area contributed by atoms with Gasteiger partial charge >= 0.3 is 0 Å². The van der Waals surface area contributed by atoms with E-state index in [0.29, 0.717) is 31.6 Å². The van der Waals surface area contributed by atoms with E-state index in [2.05, 4.69) is 30.0 Å². The summed E-state index contributed by atoms with van der Waals surface area (Å²) in [7, 11) is 0. The van der Waals surface area contributed by atoms with Gasteiger partial charge in [0, 0.05) is 37.0 Å². The van der Waals surface area contributed by atoms with Gasteiger partial charge in [-0.1, -0.05) is 5.16 Å². The molecule has 2 aliphatic heterocycles. The number of aryl methyl sites for hydroxylation is 3. The Bertz CT molecular complexity index is 1090. The lowest BCUT2D eigenvalue weighted by Crippen LogP contribution is -2.54. The Morgan fingerprint density at radius 2 is 1.92 bits per heavy atom. The average Bonchev–Trinajstić information content (AvgIpc) is 2.99. The Kier molecular flexibility index (Phi) is 7.29. The van der Waals surface area contributed by atoms with Crippen LogP contribution in [0.5, 0.6) is 0 Å². The van der Waals surface area contributed by atoms with Crippen LogP contribution < -0.4 is 4.90 Å². The fourth-order valence-electron chi connectivity index (χ4n) is 6.96. The van der Waals surface area contributed by atoms with Crippen molar-refractivity contribution in [2.45, 2.75) is 84.5 Å². The number of carbonyl (C=O) groups is 2. The minimum atomic E-state index is -1.06. The molecule has 5 rings (SSSR count). The quantitative estimate of drug-likeness (QED) is 0.460. The third kappa shape index (κ3) is 4.65. The van der Waals surface area contributed by atoms with Gasteiger partial charge in [0.25, 0.3) is 0 Å². The van der Waals surface area contributed by atoms with Gasteiger partial charge in [-0.05, 0) is 71.4 Å². The van der Waals surface area contributed by atoms with Gasteiger partial charge in [0.1, 0.15) is 6.10 Å². The van der Waals surface area contributed by atoms with Crippen LogP contribution >= 0.6 is 0 Å². The summed E-state index contributed by atoms with van der Waals surface area (Å²) in [6.07, 6.45) is 2.32. The van der Waals surface area contributed by atoms with E-state index < -0.39 is 30.0 Å². The molecule has 1 aromatic rings. The molecule has 1 aromatic heterocycles. The molecule has 2 aliphatic carbocycles. The maximum atomic E-state index is 13.1. The van der Waals surface area contributed by atoms with Gasteiger partial charge in [-0.15, -0.1) is 0 Å². The molecule has 0 radical (unpaired) electrons. The molecule has 2 saturated carbocycles. The fourth-order valence-corrected chi connectivity index (χ4v) is 6.96. The first-order valence-corrected chi connectivity index (χ1v) is 13.9. The second kappa shape index (κ2) is 10.3. The number of nitrogens with zero attached hydrogens (tertiary/aromatic N) is 4. The van der Waals surface area contributed by atoms with Crippen LogP contribution in [0.1, 0.15) is 62.9 Å². The van der Waals surface area contributed by atoms with Gasteiger partial charge in [-0.25, -0.2) is 0 Å². The molecule has 202 valence electrons. The summed E-state index contributed by atoms with van der Waals surface area (Å²) in [5, 5.41) is 26.1. The highest BCUT2D eigenvalue weighted by molar-refractivity contribution is 6.06. The van der Waals surface area contributed by atoms with E-state index in [0.717, 1.165) is 37.2 Å². The molecule has 9 heteroatoms. The molecule has 37 heavy (non-hydrogen) atoms. The van der Waals surface area contributed by atoms with Crippen molar-refractivity contribution in [2.24, 2.45) is 28.8 Å². The maximum absolute atomic E-state index is 13.1. The van der Waals surface area contributed by atoms with Crippen molar-refractivity contribution in [2.75, 3.05) is 24.5 Å². The molecule has 0 aromatic carbocycles. The van der Waals surface area contributed by atoms with Crippen LogP contribution in [0.2, 0.25) is 0 Å². The van der Waals surface area contributed by atoms with Gasteiger partial charge in [-0.3, -0.25) is 19.5 Å². The number of rotatable bonds is 5. The largest absolute Gasteiger partial charge is 0.391 e. The molecule has 0 spiro atoms.